The van der Waals surface area contributed by atoms with Crippen LogP contribution in [0.2, 0.25) is 0 Å². The van der Waals surface area contributed by atoms with Crippen molar-refractivity contribution in [1.82, 2.24) is 15.5 Å². The van der Waals surface area contributed by atoms with Crippen LogP contribution in [0, 0.1) is 5.92 Å². The summed E-state index contributed by atoms with van der Waals surface area (Å²) in [5.41, 5.74) is 0.829. The summed E-state index contributed by atoms with van der Waals surface area (Å²) in [7, 11) is 1.61. The molecule has 1 N–H and O–H groups in total. The predicted octanol–water partition coefficient (Wildman–Crippen LogP) is 2.06. The van der Waals surface area contributed by atoms with E-state index >= 15 is 0 Å². The third kappa shape index (κ3) is 4.05. The fourth-order valence-corrected chi connectivity index (χ4v) is 1.73. The maximum Gasteiger partial charge on any atom is 0.228 e. The molecule has 1 heterocycles. The smallest absolute Gasteiger partial charge is 0.228 e. The minimum Gasteiger partial charge on any atom is -0.497 e. The van der Waals surface area contributed by atoms with Crippen LogP contribution in [0.1, 0.15) is 19.7 Å². The number of carbonyl (C=O) groups excluding carboxylic acids is 1. The van der Waals surface area contributed by atoms with Gasteiger partial charge in [-0.15, -0.1) is 0 Å². The summed E-state index contributed by atoms with van der Waals surface area (Å²) < 4.78 is 10.3. The summed E-state index contributed by atoms with van der Waals surface area (Å²) in [5, 5.41) is 6.75. The molecule has 0 saturated carbocycles. The first-order chi connectivity index (χ1) is 10.1. The van der Waals surface area contributed by atoms with Crippen molar-refractivity contribution >= 4 is 5.91 Å². The first kappa shape index (κ1) is 15.0. The van der Waals surface area contributed by atoms with E-state index in [4.69, 9.17) is 9.26 Å². The van der Waals surface area contributed by atoms with Crippen molar-refractivity contribution in [1.29, 1.82) is 0 Å². The minimum atomic E-state index is -0.0278. The van der Waals surface area contributed by atoms with Crippen molar-refractivity contribution in [3.63, 3.8) is 0 Å². The summed E-state index contributed by atoms with van der Waals surface area (Å²) in [5.74, 6) is 1.74. The van der Waals surface area contributed by atoms with Crippen LogP contribution in [0.15, 0.2) is 28.8 Å². The number of benzene rings is 1. The molecule has 0 saturated heterocycles. The van der Waals surface area contributed by atoms with Gasteiger partial charge in [0.1, 0.15) is 5.75 Å². The van der Waals surface area contributed by atoms with E-state index in [1.807, 2.05) is 38.1 Å². The summed E-state index contributed by atoms with van der Waals surface area (Å²) in [6, 6.07) is 7.45. The van der Waals surface area contributed by atoms with Crippen molar-refractivity contribution < 1.29 is 14.1 Å². The van der Waals surface area contributed by atoms with Gasteiger partial charge in [-0.1, -0.05) is 31.1 Å². The zero-order valence-corrected chi connectivity index (χ0v) is 12.4. The van der Waals surface area contributed by atoms with Crippen LogP contribution in [-0.4, -0.2) is 29.7 Å². The van der Waals surface area contributed by atoms with E-state index in [-0.39, 0.29) is 11.8 Å². The van der Waals surface area contributed by atoms with Gasteiger partial charge in [-0.3, -0.25) is 4.79 Å². The number of rotatable bonds is 6. The van der Waals surface area contributed by atoms with Gasteiger partial charge >= 0.3 is 0 Å². The Bertz CT molecular complexity index is 608. The molecule has 112 valence electrons. The number of hydrogen-bond acceptors (Lipinski definition) is 5. The van der Waals surface area contributed by atoms with Crippen molar-refractivity contribution in [3.05, 3.63) is 30.2 Å². The quantitative estimate of drug-likeness (QED) is 0.880. The van der Waals surface area contributed by atoms with Gasteiger partial charge in [-0.05, 0) is 12.1 Å². The SMILES string of the molecule is COc1cccc(-c2noc(CCNC(=O)C(C)C)n2)c1. The summed E-state index contributed by atoms with van der Waals surface area (Å²) in [6.07, 6.45) is 0.509. The Kier molecular flexibility index (Phi) is 4.92. The average Bonchev–Trinajstić information content (AvgIpc) is 2.96. The topological polar surface area (TPSA) is 77.3 Å². The van der Waals surface area contributed by atoms with E-state index in [1.165, 1.54) is 0 Å². The van der Waals surface area contributed by atoms with Gasteiger partial charge in [0.25, 0.3) is 0 Å². The number of nitrogens with zero attached hydrogens (tertiary/aromatic N) is 2. The van der Waals surface area contributed by atoms with Crippen LogP contribution in [-0.2, 0) is 11.2 Å². The number of aromatic nitrogens is 2. The molecule has 0 aliphatic rings. The largest absolute Gasteiger partial charge is 0.497 e. The second-order valence-electron chi connectivity index (χ2n) is 4.94. The van der Waals surface area contributed by atoms with Gasteiger partial charge in [0.2, 0.25) is 17.6 Å². The Labute approximate surface area is 123 Å². The molecule has 0 aliphatic heterocycles. The maximum atomic E-state index is 11.4. The Balaban J connectivity index is 1.96. The van der Waals surface area contributed by atoms with Crippen molar-refractivity contribution in [3.8, 4) is 17.1 Å². The molecule has 2 rings (SSSR count). The highest BCUT2D eigenvalue weighted by Crippen LogP contribution is 2.21. The lowest BCUT2D eigenvalue weighted by molar-refractivity contribution is -0.123. The van der Waals surface area contributed by atoms with Gasteiger partial charge in [0.15, 0.2) is 0 Å². The van der Waals surface area contributed by atoms with E-state index in [0.717, 1.165) is 11.3 Å². The number of ether oxygens (including phenoxy) is 1. The molecule has 6 heteroatoms. The number of methoxy groups -OCH3 is 1. The normalized spacial score (nSPS) is 10.7. The van der Waals surface area contributed by atoms with Crippen molar-refractivity contribution in [2.75, 3.05) is 13.7 Å². The molecule has 21 heavy (non-hydrogen) atoms. The average molecular weight is 289 g/mol. The molecule has 1 aromatic heterocycles. The highest BCUT2D eigenvalue weighted by molar-refractivity contribution is 5.77. The molecule has 0 aliphatic carbocycles. The van der Waals surface area contributed by atoms with Crippen LogP contribution >= 0.6 is 0 Å². The number of carbonyl (C=O) groups is 1. The van der Waals surface area contributed by atoms with Crippen molar-refractivity contribution in [2.24, 2.45) is 5.92 Å². The zero-order chi connectivity index (χ0) is 15.2. The van der Waals surface area contributed by atoms with Crippen LogP contribution in [0.3, 0.4) is 0 Å². The summed E-state index contributed by atoms with van der Waals surface area (Å²) >= 11 is 0. The van der Waals surface area contributed by atoms with Gasteiger partial charge in [0.05, 0.1) is 7.11 Å². The highest BCUT2D eigenvalue weighted by Gasteiger charge is 2.10. The zero-order valence-electron chi connectivity index (χ0n) is 12.4. The van der Waals surface area contributed by atoms with E-state index in [0.29, 0.717) is 24.7 Å². The second-order valence-corrected chi connectivity index (χ2v) is 4.94. The Hall–Kier alpha value is -2.37. The predicted molar refractivity (Wildman–Crippen MR) is 77.8 cm³/mol. The molecule has 1 amide bonds. The maximum absolute atomic E-state index is 11.4. The molecule has 0 fully saturated rings. The lowest BCUT2D eigenvalue weighted by Crippen LogP contribution is -2.29. The first-order valence-electron chi connectivity index (χ1n) is 6.85. The van der Waals surface area contributed by atoms with E-state index in [1.54, 1.807) is 7.11 Å². The highest BCUT2D eigenvalue weighted by atomic mass is 16.5. The van der Waals surface area contributed by atoms with Crippen LogP contribution in [0.4, 0.5) is 0 Å². The third-order valence-electron chi connectivity index (χ3n) is 2.96. The first-order valence-corrected chi connectivity index (χ1v) is 6.85. The lowest BCUT2D eigenvalue weighted by Gasteiger charge is -2.05. The molecule has 0 spiro atoms. The Morgan fingerprint density at radius 1 is 1.43 bits per heavy atom. The molecule has 0 unspecified atom stereocenters. The van der Waals surface area contributed by atoms with Crippen LogP contribution < -0.4 is 10.1 Å². The molecule has 2 aromatic rings. The van der Waals surface area contributed by atoms with Gasteiger partial charge in [-0.25, -0.2) is 0 Å². The second kappa shape index (κ2) is 6.88. The molecular weight excluding hydrogens is 270 g/mol. The fourth-order valence-electron chi connectivity index (χ4n) is 1.73. The van der Waals surface area contributed by atoms with Gasteiger partial charge in [-0.2, -0.15) is 4.98 Å². The molecule has 0 atom stereocenters. The van der Waals surface area contributed by atoms with Crippen LogP contribution in [0.25, 0.3) is 11.4 Å². The molecular formula is C15H19N3O3. The van der Waals surface area contributed by atoms with Gasteiger partial charge in [0, 0.05) is 24.4 Å². The molecule has 0 bridgehead atoms. The minimum absolute atomic E-state index is 0.0162. The summed E-state index contributed by atoms with van der Waals surface area (Å²) in [4.78, 5) is 15.8. The lowest BCUT2D eigenvalue weighted by atomic mass is 10.2. The Morgan fingerprint density at radius 2 is 2.24 bits per heavy atom. The van der Waals surface area contributed by atoms with E-state index in [9.17, 15) is 4.79 Å². The summed E-state index contributed by atoms with van der Waals surface area (Å²) in [6.45, 7) is 4.18. The third-order valence-corrected chi connectivity index (χ3v) is 2.96. The van der Waals surface area contributed by atoms with E-state index in [2.05, 4.69) is 15.5 Å². The fraction of sp³-hybridized carbons (Fsp3) is 0.400. The monoisotopic (exact) mass is 289 g/mol. The van der Waals surface area contributed by atoms with Crippen molar-refractivity contribution in [2.45, 2.75) is 20.3 Å². The molecule has 0 radical (unpaired) electrons. The Morgan fingerprint density at radius 3 is 2.95 bits per heavy atom. The molecule has 1 aromatic carbocycles. The van der Waals surface area contributed by atoms with E-state index < -0.39 is 0 Å². The number of hydrogen-bond donors (Lipinski definition) is 1. The van der Waals surface area contributed by atoms with Gasteiger partial charge < -0.3 is 14.6 Å². The number of amides is 1. The molecule has 6 nitrogen and oxygen atoms in total. The van der Waals surface area contributed by atoms with Crippen LogP contribution in [0.5, 0.6) is 5.75 Å². The number of nitrogens with one attached hydrogen (secondary N) is 1. The standard InChI is InChI=1S/C15H19N3O3/c1-10(2)15(19)16-8-7-13-17-14(18-21-13)11-5-4-6-12(9-11)20-3/h4-6,9-10H,7-8H2,1-3H3,(H,16,19).